The molecular weight excluding hydrogens is 205 g/mol. The van der Waals surface area contributed by atoms with Crippen LogP contribution in [-0.2, 0) is 0 Å². The fourth-order valence-electron chi connectivity index (χ4n) is 0. The average molecular weight is 205 g/mol. The predicted molar refractivity (Wildman–Crippen MR) is 5.75 cm³/mol. The van der Waals surface area contributed by atoms with E-state index in [4.69, 9.17) is 15.1 Å². The predicted octanol–water partition coefficient (Wildman–Crippen LogP) is -6.94. The Balaban J connectivity index is -0.0000000450. The molecule has 0 N–H and O–H groups in total. The fourth-order valence-corrected chi connectivity index (χ4v) is 0. The third-order valence-electron chi connectivity index (χ3n) is 0. The van der Waals surface area contributed by atoms with Crippen LogP contribution in [-0.4, -0.2) is 7.32 Å². The fraction of sp³-hybridized carbons (Fsp3) is 0. The zero-order chi connectivity index (χ0) is 3.58. The van der Waals surface area contributed by atoms with E-state index in [1.54, 1.807) is 0 Å². The van der Waals surface area contributed by atoms with E-state index in [1.807, 2.05) is 0 Å². The summed E-state index contributed by atoms with van der Waals surface area (Å²) in [7, 11) is -2.92. The molecule has 0 aliphatic carbocycles. The minimum atomic E-state index is -2.92. The number of rotatable bonds is 0. The van der Waals surface area contributed by atoms with Crippen molar-refractivity contribution in [3.63, 3.8) is 0 Å². The van der Waals surface area contributed by atoms with Crippen molar-refractivity contribution in [1.82, 2.24) is 0 Å². The topological polar surface area (TPSA) is 69.2 Å². The van der Waals surface area contributed by atoms with E-state index in [2.05, 4.69) is 0 Å². The Morgan fingerprint density at radius 2 is 1.00 bits per heavy atom. The second-order valence-electron chi connectivity index (χ2n) is 0.289. The summed E-state index contributed by atoms with van der Waals surface area (Å²) >= 11 is 0. The first kappa shape index (κ1) is 15.6. The summed E-state index contributed by atoms with van der Waals surface area (Å²) in [6.45, 7) is 0. The molecular formula is BLaLiO3+. The normalized spacial score (nSPS) is 4.50. The first-order chi connectivity index (χ1) is 1.73. The maximum absolute atomic E-state index is 8.42. The molecule has 0 saturated heterocycles. The smallest absolute Gasteiger partial charge is 0.907 e. The van der Waals surface area contributed by atoms with Gasteiger partial charge in [0.25, 0.3) is 0 Å². The van der Waals surface area contributed by atoms with Crippen LogP contribution >= 0.6 is 0 Å². The third-order valence-corrected chi connectivity index (χ3v) is 0. The van der Waals surface area contributed by atoms with Gasteiger partial charge < -0.3 is 15.1 Å². The molecule has 0 heterocycles. The van der Waals surface area contributed by atoms with Gasteiger partial charge in [0.05, 0.1) is 0 Å². The average Bonchev–Trinajstić information content (AvgIpc) is 0.811. The van der Waals surface area contributed by atoms with E-state index in [0.29, 0.717) is 0 Å². The summed E-state index contributed by atoms with van der Waals surface area (Å²) < 4.78 is 0. The quantitative estimate of drug-likeness (QED) is 0.369. The van der Waals surface area contributed by atoms with Crippen molar-refractivity contribution in [3.05, 3.63) is 0 Å². The molecule has 0 aliphatic rings. The van der Waals surface area contributed by atoms with Gasteiger partial charge >= 0.3 is 54.5 Å². The van der Waals surface area contributed by atoms with Crippen LogP contribution in [0.15, 0.2) is 0 Å². The second kappa shape index (κ2) is 9.88. The van der Waals surface area contributed by atoms with Gasteiger partial charge in [-0.1, -0.05) is 0 Å². The Kier molecular flexibility index (Phi) is 25.8. The van der Waals surface area contributed by atoms with E-state index in [0.717, 1.165) is 0 Å². The summed E-state index contributed by atoms with van der Waals surface area (Å²) in [4.78, 5) is 0. The molecule has 0 aliphatic heterocycles. The molecule has 0 aromatic carbocycles. The first-order valence-electron chi connectivity index (χ1n) is 0.707. The summed E-state index contributed by atoms with van der Waals surface area (Å²) in [5, 5.41) is 25.2. The van der Waals surface area contributed by atoms with Crippen LogP contribution in [0.25, 0.3) is 0 Å². The van der Waals surface area contributed by atoms with Gasteiger partial charge in [0.2, 0.25) is 0 Å². The van der Waals surface area contributed by atoms with Crippen LogP contribution in [0.2, 0.25) is 0 Å². The van der Waals surface area contributed by atoms with E-state index in [9.17, 15) is 0 Å². The Morgan fingerprint density at radius 3 is 1.00 bits per heavy atom. The van der Waals surface area contributed by atoms with Crippen LogP contribution in [0, 0.1) is 35.6 Å². The Labute approximate surface area is 76.1 Å². The van der Waals surface area contributed by atoms with Gasteiger partial charge in [-0.15, -0.1) is 0 Å². The zero-order valence-corrected chi connectivity index (χ0v) is 7.01. The number of hydrogen-bond acceptors (Lipinski definition) is 3. The van der Waals surface area contributed by atoms with Gasteiger partial charge in [-0.3, -0.25) is 7.32 Å². The summed E-state index contributed by atoms with van der Waals surface area (Å²) in [5.74, 6) is 0. The standard InChI is InChI=1S/BO3.La.Li/c2-1(3)4;;/q-3;+3;+1. The monoisotopic (exact) mass is 205 g/mol. The Bertz CT molecular complexity index is 15.5. The van der Waals surface area contributed by atoms with Gasteiger partial charge in [-0.2, -0.15) is 0 Å². The van der Waals surface area contributed by atoms with E-state index in [-0.39, 0.29) is 54.5 Å². The van der Waals surface area contributed by atoms with Crippen LogP contribution in [0.3, 0.4) is 0 Å². The molecule has 0 unspecified atom stereocenters. The minimum Gasteiger partial charge on any atom is -0.907 e. The van der Waals surface area contributed by atoms with Crippen LogP contribution in [0.5, 0.6) is 0 Å². The van der Waals surface area contributed by atoms with Crippen LogP contribution in [0.1, 0.15) is 0 Å². The maximum Gasteiger partial charge on any atom is 3.00 e. The van der Waals surface area contributed by atoms with Gasteiger partial charge in [0, 0.05) is 0 Å². The SMILES string of the molecule is [La+3].[Li+].[O-]B([O-])[O-]. The molecule has 0 rings (SSSR count). The molecule has 6 heteroatoms. The minimum absolute atomic E-state index is 0. The first-order valence-corrected chi connectivity index (χ1v) is 0.707. The molecule has 0 spiro atoms. The second-order valence-corrected chi connectivity index (χ2v) is 0.289. The van der Waals surface area contributed by atoms with Crippen molar-refractivity contribution < 1.29 is 69.5 Å². The molecule has 0 bridgehead atoms. The largest absolute Gasteiger partial charge is 3.00 e. The maximum atomic E-state index is 8.42. The molecule has 0 amide bonds. The van der Waals surface area contributed by atoms with Gasteiger partial charge in [-0.05, 0) is 0 Å². The van der Waals surface area contributed by atoms with Crippen molar-refractivity contribution in [1.29, 1.82) is 0 Å². The van der Waals surface area contributed by atoms with Crippen molar-refractivity contribution in [2.75, 3.05) is 0 Å². The van der Waals surface area contributed by atoms with E-state index < -0.39 is 7.32 Å². The van der Waals surface area contributed by atoms with Gasteiger partial charge in [-0.25, -0.2) is 0 Å². The molecule has 0 radical (unpaired) electrons. The summed E-state index contributed by atoms with van der Waals surface area (Å²) in [6, 6.07) is 0. The third kappa shape index (κ3) is 42.7. The molecule has 0 aromatic rings. The van der Waals surface area contributed by atoms with Crippen LogP contribution < -0.4 is 33.9 Å². The Morgan fingerprint density at radius 1 is 1.00 bits per heavy atom. The van der Waals surface area contributed by atoms with Gasteiger partial charge in [0.1, 0.15) is 0 Å². The van der Waals surface area contributed by atoms with E-state index >= 15 is 0 Å². The van der Waals surface area contributed by atoms with Crippen LogP contribution in [0.4, 0.5) is 0 Å². The molecule has 0 fully saturated rings. The molecule has 3 nitrogen and oxygen atoms in total. The van der Waals surface area contributed by atoms with Crippen molar-refractivity contribution in [3.8, 4) is 0 Å². The summed E-state index contributed by atoms with van der Waals surface area (Å²) in [6.07, 6.45) is 0. The van der Waals surface area contributed by atoms with Gasteiger partial charge in [0.15, 0.2) is 0 Å². The summed E-state index contributed by atoms with van der Waals surface area (Å²) in [5.41, 5.74) is 0. The van der Waals surface area contributed by atoms with E-state index in [1.165, 1.54) is 0 Å². The van der Waals surface area contributed by atoms with Crippen molar-refractivity contribution in [2.45, 2.75) is 0 Å². The molecule has 0 saturated carbocycles. The molecule has 0 aromatic heterocycles. The zero-order valence-electron chi connectivity index (χ0n) is 3.38. The van der Waals surface area contributed by atoms with Crippen molar-refractivity contribution in [2.24, 2.45) is 0 Å². The molecule has 0 atom stereocenters. The molecule has 24 valence electrons. The number of hydrogen-bond donors (Lipinski definition) is 0. The molecule has 6 heavy (non-hydrogen) atoms. The Hall–Kier alpha value is 1.74. The van der Waals surface area contributed by atoms with Crippen molar-refractivity contribution >= 4 is 7.32 Å².